The summed E-state index contributed by atoms with van der Waals surface area (Å²) in [5, 5.41) is 14.1. The Morgan fingerprint density at radius 2 is 2.15 bits per heavy atom. The average Bonchev–Trinajstić information content (AvgIpc) is 2.37. The molecule has 0 aromatic heterocycles. The number of anilines is 1. The molecule has 3 N–H and O–H groups in total. The third-order valence-electron chi connectivity index (χ3n) is 2.76. The summed E-state index contributed by atoms with van der Waals surface area (Å²) in [5.74, 6) is -0.268. The molecular formula is C13H20N4O3. The van der Waals surface area contributed by atoms with Crippen molar-refractivity contribution in [2.24, 2.45) is 5.73 Å². The van der Waals surface area contributed by atoms with E-state index in [-0.39, 0.29) is 17.6 Å². The molecule has 1 rings (SSSR count). The molecule has 7 nitrogen and oxygen atoms in total. The second kappa shape index (κ2) is 6.85. The first-order chi connectivity index (χ1) is 9.32. The lowest BCUT2D eigenvalue weighted by Gasteiger charge is -2.12. The van der Waals surface area contributed by atoms with Crippen LogP contribution in [0.4, 0.5) is 11.4 Å². The van der Waals surface area contributed by atoms with E-state index in [1.165, 1.54) is 11.0 Å². The molecule has 1 unspecified atom stereocenters. The molecule has 0 aliphatic carbocycles. The SMILES string of the molecule is CC(N)CCNc1ccc(C(=O)N(C)C)cc1[N+](=O)[O-]. The molecule has 0 saturated heterocycles. The number of carbonyl (C=O) groups excluding carboxylic acids is 1. The van der Waals surface area contributed by atoms with Crippen molar-refractivity contribution < 1.29 is 9.72 Å². The number of nitrogens with zero attached hydrogens (tertiary/aromatic N) is 2. The van der Waals surface area contributed by atoms with Crippen LogP contribution in [0.3, 0.4) is 0 Å². The van der Waals surface area contributed by atoms with Crippen molar-refractivity contribution in [2.45, 2.75) is 19.4 Å². The lowest BCUT2D eigenvalue weighted by atomic mass is 10.1. The molecule has 1 amide bonds. The van der Waals surface area contributed by atoms with Gasteiger partial charge in [0.05, 0.1) is 4.92 Å². The summed E-state index contributed by atoms with van der Waals surface area (Å²) < 4.78 is 0. The van der Waals surface area contributed by atoms with Gasteiger partial charge in [-0.25, -0.2) is 0 Å². The average molecular weight is 280 g/mol. The minimum atomic E-state index is -0.499. The smallest absolute Gasteiger partial charge is 0.293 e. The molecular weight excluding hydrogens is 260 g/mol. The second-order valence-corrected chi connectivity index (χ2v) is 4.88. The topological polar surface area (TPSA) is 102 Å². The van der Waals surface area contributed by atoms with E-state index < -0.39 is 4.92 Å². The summed E-state index contributed by atoms with van der Waals surface area (Å²) in [6, 6.07) is 4.44. The van der Waals surface area contributed by atoms with E-state index in [9.17, 15) is 14.9 Å². The van der Waals surface area contributed by atoms with E-state index >= 15 is 0 Å². The summed E-state index contributed by atoms with van der Waals surface area (Å²) in [5.41, 5.74) is 6.20. The van der Waals surface area contributed by atoms with Crippen LogP contribution in [-0.4, -0.2) is 42.4 Å². The van der Waals surface area contributed by atoms with E-state index in [1.807, 2.05) is 6.92 Å². The molecule has 0 heterocycles. The summed E-state index contributed by atoms with van der Waals surface area (Å²) in [7, 11) is 3.20. The highest BCUT2D eigenvalue weighted by molar-refractivity contribution is 5.95. The molecule has 0 radical (unpaired) electrons. The number of carbonyl (C=O) groups is 1. The molecule has 1 atom stereocenters. The van der Waals surface area contributed by atoms with Crippen LogP contribution in [0.1, 0.15) is 23.7 Å². The van der Waals surface area contributed by atoms with Gasteiger partial charge in [0.1, 0.15) is 5.69 Å². The van der Waals surface area contributed by atoms with Crippen molar-refractivity contribution in [1.82, 2.24) is 4.90 Å². The van der Waals surface area contributed by atoms with Crippen LogP contribution in [0.2, 0.25) is 0 Å². The fourth-order valence-corrected chi connectivity index (χ4v) is 1.66. The maximum absolute atomic E-state index is 11.8. The summed E-state index contributed by atoms with van der Waals surface area (Å²) in [4.78, 5) is 23.8. The van der Waals surface area contributed by atoms with Gasteiger partial charge in [0.2, 0.25) is 0 Å². The van der Waals surface area contributed by atoms with Gasteiger partial charge in [0.25, 0.3) is 11.6 Å². The maximum atomic E-state index is 11.8. The number of rotatable bonds is 6. The van der Waals surface area contributed by atoms with Gasteiger partial charge in [-0.05, 0) is 25.5 Å². The second-order valence-electron chi connectivity index (χ2n) is 4.88. The first kappa shape index (κ1) is 15.9. The van der Waals surface area contributed by atoms with Gasteiger partial charge in [0.15, 0.2) is 0 Å². The van der Waals surface area contributed by atoms with E-state index in [0.717, 1.165) is 0 Å². The molecule has 0 fully saturated rings. The van der Waals surface area contributed by atoms with Crippen molar-refractivity contribution >= 4 is 17.3 Å². The number of nitro groups is 1. The van der Waals surface area contributed by atoms with Crippen molar-refractivity contribution in [3.05, 3.63) is 33.9 Å². The molecule has 0 spiro atoms. The highest BCUT2D eigenvalue weighted by atomic mass is 16.6. The van der Waals surface area contributed by atoms with Gasteiger partial charge < -0.3 is 16.0 Å². The molecule has 1 aromatic rings. The number of hydrogen-bond donors (Lipinski definition) is 2. The highest BCUT2D eigenvalue weighted by Crippen LogP contribution is 2.26. The minimum Gasteiger partial charge on any atom is -0.379 e. The Morgan fingerprint density at radius 3 is 2.65 bits per heavy atom. The number of nitro benzene ring substituents is 1. The Bertz CT molecular complexity index is 500. The van der Waals surface area contributed by atoms with Crippen LogP contribution in [-0.2, 0) is 0 Å². The maximum Gasteiger partial charge on any atom is 0.293 e. The van der Waals surface area contributed by atoms with Gasteiger partial charge in [-0.2, -0.15) is 0 Å². The summed E-state index contributed by atoms with van der Waals surface area (Å²) in [6.45, 7) is 2.41. The Morgan fingerprint density at radius 1 is 1.50 bits per heavy atom. The van der Waals surface area contributed by atoms with E-state index in [2.05, 4.69) is 5.32 Å². The van der Waals surface area contributed by atoms with Crippen molar-refractivity contribution in [1.29, 1.82) is 0 Å². The number of amides is 1. The van der Waals surface area contributed by atoms with Gasteiger partial charge in [0, 0.05) is 38.3 Å². The summed E-state index contributed by atoms with van der Waals surface area (Å²) >= 11 is 0. The number of benzene rings is 1. The van der Waals surface area contributed by atoms with Crippen molar-refractivity contribution in [3.8, 4) is 0 Å². The molecule has 20 heavy (non-hydrogen) atoms. The third kappa shape index (κ3) is 4.20. The lowest BCUT2D eigenvalue weighted by Crippen LogP contribution is -2.22. The Hall–Kier alpha value is -2.15. The van der Waals surface area contributed by atoms with Crippen LogP contribution >= 0.6 is 0 Å². The zero-order valence-electron chi connectivity index (χ0n) is 11.9. The lowest BCUT2D eigenvalue weighted by molar-refractivity contribution is -0.384. The molecule has 0 aliphatic rings. The minimum absolute atomic E-state index is 0.0242. The Labute approximate surface area is 117 Å². The van der Waals surface area contributed by atoms with Gasteiger partial charge in [-0.15, -0.1) is 0 Å². The Kier molecular flexibility index (Phi) is 5.45. The molecule has 0 saturated carbocycles. The van der Waals surface area contributed by atoms with Crippen LogP contribution in [0.5, 0.6) is 0 Å². The Balaban J connectivity index is 2.96. The zero-order valence-corrected chi connectivity index (χ0v) is 11.9. The summed E-state index contributed by atoms with van der Waals surface area (Å²) in [6.07, 6.45) is 0.704. The van der Waals surface area contributed by atoms with Gasteiger partial charge >= 0.3 is 0 Å². The van der Waals surface area contributed by atoms with Crippen molar-refractivity contribution in [3.63, 3.8) is 0 Å². The predicted octanol–water partition coefficient (Wildman–Crippen LogP) is 1.45. The number of nitrogens with two attached hydrogens (primary N) is 1. The molecule has 7 heteroatoms. The standard InChI is InChI=1S/C13H20N4O3/c1-9(14)6-7-15-11-5-4-10(13(18)16(2)3)8-12(11)17(19)20/h4-5,8-9,15H,6-7,14H2,1-3H3. The molecule has 0 bridgehead atoms. The fraction of sp³-hybridized carbons (Fsp3) is 0.462. The molecule has 0 aliphatic heterocycles. The largest absolute Gasteiger partial charge is 0.379 e. The van der Waals surface area contributed by atoms with E-state index in [4.69, 9.17) is 5.73 Å². The quantitative estimate of drug-likeness (QED) is 0.606. The normalized spacial score (nSPS) is 11.8. The van der Waals surface area contributed by atoms with Crippen LogP contribution in [0.15, 0.2) is 18.2 Å². The predicted molar refractivity (Wildman–Crippen MR) is 77.9 cm³/mol. The molecule has 110 valence electrons. The van der Waals surface area contributed by atoms with Gasteiger partial charge in [-0.3, -0.25) is 14.9 Å². The zero-order chi connectivity index (χ0) is 15.3. The molecule has 1 aromatic carbocycles. The monoisotopic (exact) mass is 280 g/mol. The third-order valence-corrected chi connectivity index (χ3v) is 2.76. The highest BCUT2D eigenvalue weighted by Gasteiger charge is 2.18. The van der Waals surface area contributed by atoms with E-state index in [1.54, 1.807) is 26.2 Å². The first-order valence-corrected chi connectivity index (χ1v) is 6.32. The van der Waals surface area contributed by atoms with Crippen molar-refractivity contribution in [2.75, 3.05) is 26.0 Å². The fourth-order valence-electron chi connectivity index (χ4n) is 1.66. The van der Waals surface area contributed by atoms with Crippen LogP contribution < -0.4 is 11.1 Å². The van der Waals surface area contributed by atoms with Gasteiger partial charge in [-0.1, -0.05) is 0 Å². The van der Waals surface area contributed by atoms with E-state index in [0.29, 0.717) is 24.2 Å². The van der Waals surface area contributed by atoms with Crippen LogP contribution in [0.25, 0.3) is 0 Å². The number of hydrogen-bond acceptors (Lipinski definition) is 5. The van der Waals surface area contributed by atoms with Crippen LogP contribution in [0, 0.1) is 10.1 Å². The first-order valence-electron chi connectivity index (χ1n) is 6.32. The number of nitrogens with one attached hydrogen (secondary N) is 1.